The summed E-state index contributed by atoms with van der Waals surface area (Å²) in [7, 11) is 4.13. The highest BCUT2D eigenvalue weighted by molar-refractivity contribution is 9.10. The number of aromatic nitrogens is 4. The van der Waals surface area contributed by atoms with Gasteiger partial charge in [0.25, 0.3) is 0 Å². The van der Waals surface area contributed by atoms with E-state index in [1.807, 2.05) is 21.6 Å². The summed E-state index contributed by atoms with van der Waals surface area (Å²) in [6.45, 7) is 1.87. The number of pyridine rings is 1. The molecule has 0 spiro atoms. The van der Waals surface area contributed by atoms with Gasteiger partial charge in [-0.25, -0.2) is 4.52 Å². The molecule has 3 rings (SSSR count). The summed E-state index contributed by atoms with van der Waals surface area (Å²) in [4.78, 5) is 2.15. The van der Waals surface area contributed by atoms with Gasteiger partial charge in [0, 0.05) is 30.1 Å². The summed E-state index contributed by atoms with van der Waals surface area (Å²) in [5.41, 5.74) is 3.29. The van der Waals surface area contributed by atoms with Crippen LogP contribution in [0.5, 0.6) is 0 Å². The van der Waals surface area contributed by atoms with Gasteiger partial charge in [-0.2, -0.15) is 10.2 Å². The Labute approximate surface area is 125 Å². The normalized spacial score (nSPS) is 11.6. The molecule has 5 nitrogen and oxygen atoms in total. The van der Waals surface area contributed by atoms with Crippen LogP contribution in [0.1, 0.15) is 0 Å². The summed E-state index contributed by atoms with van der Waals surface area (Å²) in [6, 6.07) is 4.15. The molecule has 3 aromatic heterocycles. The molecule has 6 heteroatoms. The van der Waals surface area contributed by atoms with Crippen LogP contribution in [0.2, 0.25) is 0 Å². The Balaban J connectivity index is 1.87. The second kappa shape index (κ2) is 5.38. The summed E-state index contributed by atoms with van der Waals surface area (Å²) < 4.78 is 4.85. The molecular weight excluding hydrogens is 318 g/mol. The van der Waals surface area contributed by atoms with Crippen LogP contribution in [-0.4, -0.2) is 44.9 Å². The highest BCUT2D eigenvalue weighted by Crippen LogP contribution is 2.23. The third-order valence-corrected chi connectivity index (χ3v) is 3.82. The van der Waals surface area contributed by atoms with Gasteiger partial charge in [0.2, 0.25) is 0 Å². The Bertz CT molecular complexity index is 728. The molecule has 0 aliphatic carbocycles. The lowest BCUT2D eigenvalue weighted by Crippen LogP contribution is -2.18. The first-order valence-corrected chi connectivity index (χ1v) is 7.23. The topological polar surface area (TPSA) is 38.4 Å². The number of nitrogens with zero attached hydrogens (tertiary/aromatic N) is 5. The molecule has 0 saturated carbocycles. The van der Waals surface area contributed by atoms with E-state index in [9.17, 15) is 0 Å². The average Bonchev–Trinajstić information content (AvgIpc) is 3.04. The summed E-state index contributed by atoms with van der Waals surface area (Å²) in [6.07, 6.45) is 7.80. The molecule has 3 heterocycles. The van der Waals surface area contributed by atoms with Crippen molar-refractivity contribution in [3.05, 3.63) is 41.4 Å². The number of likely N-dealkylation sites (N-methyl/N-ethyl adjacent to an activating group) is 1. The van der Waals surface area contributed by atoms with E-state index in [1.165, 1.54) is 0 Å². The minimum atomic E-state index is 0.891. The minimum Gasteiger partial charge on any atom is -0.308 e. The van der Waals surface area contributed by atoms with E-state index in [4.69, 9.17) is 0 Å². The first kappa shape index (κ1) is 13.3. The summed E-state index contributed by atoms with van der Waals surface area (Å²) in [5, 5.41) is 8.71. The monoisotopic (exact) mass is 333 g/mol. The molecular formula is C14H16BrN5. The molecule has 0 bridgehead atoms. The van der Waals surface area contributed by atoms with E-state index in [1.54, 1.807) is 6.20 Å². The molecule has 0 unspecified atom stereocenters. The molecule has 0 aliphatic rings. The lowest BCUT2D eigenvalue weighted by molar-refractivity contribution is 0.373. The standard InChI is InChI=1S/C14H16BrN5/c1-18(2)5-6-19-9-12(7-16-19)11-3-4-14-13(15)8-17-20(14)10-11/h3-4,7-10H,5-6H2,1-2H3. The van der Waals surface area contributed by atoms with Crippen molar-refractivity contribution in [3.8, 4) is 11.1 Å². The number of fused-ring (bicyclic) bond motifs is 1. The Morgan fingerprint density at radius 2 is 1.95 bits per heavy atom. The van der Waals surface area contributed by atoms with Crippen molar-refractivity contribution in [2.75, 3.05) is 20.6 Å². The Kier molecular flexibility index (Phi) is 3.58. The molecule has 0 amide bonds. The van der Waals surface area contributed by atoms with E-state index in [-0.39, 0.29) is 0 Å². The van der Waals surface area contributed by atoms with Crippen molar-refractivity contribution in [2.24, 2.45) is 0 Å². The Hall–Kier alpha value is -1.66. The van der Waals surface area contributed by atoms with Gasteiger partial charge in [-0.05, 0) is 36.1 Å². The minimum absolute atomic E-state index is 0.891. The van der Waals surface area contributed by atoms with Crippen LogP contribution >= 0.6 is 15.9 Å². The Morgan fingerprint density at radius 1 is 1.10 bits per heavy atom. The van der Waals surface area contributed by atoms with Gasteiger partial charge in [-0.15, -0.1) is 0 Å². The maximum atomic E-state index is 4.40. The first-order chi connectivity index (χ1) is 9.63. The van der Waals surface area contributed by atoms with Crippen LogP contribution in [-0.2, 0) is 6.54 Å². The fourth-order valence-electron chi connectivity index (χ4n) is 2.06. The van der Waals surface area contributed by atoms with Gasteiger partial charge in [0.05, 0.1) is 28.9 Å². The maximum Gasteiger partial charge on any atom is 0.0804 e. The largest absolute Gasteiger partial charge is 0.308 e. The van der Waals surface area contributed by atoms with Crippen molar-refractivity contribution in [1.82, 2.24) is 24.3 Å². The lowest BCUT2D eigenvalue weighted by Gasteiger charge is -2.08. The number of hydrogen-bond acceptors (Lipinski definition) is 3. The second-order valence-electron chi connectivity index (χ2n) is 5.04. The van der Waals surface area contributed by atoms with E-state index in [0.29, 0.717) is 0 Å². The SMILES string of the molecule is CN(C)CCn1cc(-c2ccc3c(Br)cnn3c2)cn1. The van der Waals surface area contributed by atoms with Crippen molar-refractivity contribution in [2.45, 2.75) is 6.54 Å². The zero-order chi connectivity index (χ0) is 14.1. The smallest absolute Gasteiger partial charge is 0.0804 e. The molecule has 20 heavy (non-hydrogen) atoms. The maximum absolute atomic E-state index is 4.40. The van der Waals surface area contributed by atoms with Gasteiger partial charge < -0.3 is 4.90 Å². The highest BCUT2D eigenvalue weighted by Gasteiger charge is 2.06. The van der Waals surface area contributed by atoms with Crippen molar-refractivity contribution in [1.29, 1.82) is 0 Å². The predicted molar refractivity (Wildman–Crippen MR) is 82.7 cm³/mol. The van der Waals surface area contributed by atoms with E-state index >= 15 is 0 Å². The fraction of sp³-hybridized carbons (Fsp3) is 0.286. The third-order valence-electron chi connectivity index (χ3n) is 3.21. The van der Waals surface area contributed by atoms with Crippen LogP contribution in [0.3, 0.4) is 0 Å². The van der Waals surface area contributed by atoms with Crippen molar-refractivity contribution >= 4 is 21.4 Å². The molecule has 0 aliphatic heterocycles. The molecule has 0 atom stereocenters. The summed E-state index contributed by atoms with van der Waals surface area (Å²) >= 11 is 3.48. The molecule has 0 radical (unpaired) electrons. The highest BCUT2D eigenvalue weighted by atomic mass is 79.9. The van der Waals surface area contributed by atoms with Gasteiger partial charge in [0.1, 0.15) is 0 Å². The van der Waals surface area contributed by atoms with Crippen LogP contribution < -0.4 is 0 Å². The molecule has 3 aromatic rings. The number of halogens is 1. The van der Waals surface area contributed by atoms with Gasteiger partial charge in [0.15, 0.2) is 0 Å². The zero-order valence-corrected chi connectivity index (χ0v) is 13.1. The van der Waals surface area contributed by atoms with E-state index in [0.717, 1.165) is 34.2 Å². The van der Waals surface area contributed by atoms with Gasteiger partial charge in [-0.1, -0.05) is 6.07 Å². The second-order valence-corrected chi connectivity index (χ2v) is 5.89. The average molecular weight is 334 g/mol. The number of hydrogen-bond donors (Lipinski definition) is 0. The van der Waals surface area contributed by atoms with E-state index in [2.05, 4.69) is 63.5 Å². The third kappa shape index (κ3) is 2.62. The van der Waals surface area contributed by atoms with E-state index < -0.39 is 0 Å². The van der Waals surface area contributed by atoms with Crippen LogP contribution in [0.15, 0.2) is 41.4 Å². The lowest BCUT2D eigenvalue weighted by atomic mass is 10.1. The molecule has 0 aromatic carbocycles. The first-order valence-electron chi connectivity index (χ1n) is 6.44. The van der Waals surface area contributed by atoms with Gasteiger partial charge in [-0.3, -0.25) is 4.68 Å². The quantitative estimate of drug-likeness (QED) is 0.736. The molecule has 0 N–H and O–H groups in total. The zero-order valence-electron chi connectivity index (χ0n) is 11.5. The summed E-state index contributed by atoms with van der Waals surface area (Å²) in [5.74, 6) is 0. The van der Waals surface area contributed by atoms with Crippen LogP contribution in [0.25, 0.3) is 16.6 Å². The van der Waals surface area contributed by atoms with Crippen molar-refractivity contribution in [3.63, 3.8) is 0 Å². The van der Waals surface area contributed by atoms with Crippen molar-refractivity contribution < 1.29 is 0 Å². The Morgan fingerprint density at radius 3 is 2.75 bits per heavy atom. The number of rotatable bonds is 4. The van der Waals surface area contributed by atoms with Crippen LogP contribution in [0, 0.1) is 0 Å². The van der Waals surface area contributed by atoms with Gasteiger partial charge >= 0.3 is 0 Å². The molecule has 104 valence electrons. The van der Waals surface area contributed by atoms with Crippen LogP contribution in [0.4, 0.5) is 0 Å². The predicted octanol–water partition coefficient (Wildman–Crippen LogP) is 2.52. The molecule has 0 fully saturated rings. The fourth-order valence-corrected chi connectivity index (χ4v) is 2.47. The molecule has 0 saturated heterocycles.